The Labute approximate surface area is 102 Å². The van der Waals surface area contributed by atoms with Crippen molar-refractivity contribution in [1.29, 1.82) is 0 Å². The Kier molecular flexibility index (Phi) is 7.17. The maximum Gasteiger partial charge on any atom is 0.116 e. The fourth-order valence-corrected chi connectivity index (χ4v) is 2.12. The zero-order valence-corrected chi connectivity index (χ0v) is 11.0. The Hall–Kier alpha value is -0.610. The van der Waals surface area contributed by atoms with E-state index in [0.29, 0.717) is 0 Å². The minimum Gasteiger partial charge on any atom is -0.316 e. The normalized spacial score (nSPS) is 10.9. The van der Waals surface area contributed by atoms with Crippen LogP contribution >= 0.6 is 11.8 Å². The highest BCUT2D eigenvalue weighted by atomic mass is 32.2. The fourth-order valence-electron chi connectivity index (χ4n) is 1.28. The van der Waals surface area contributed by atoms with Crippen molar-refractivity contribution in [3.05, 3.63) is 18.6 Å². The predicted octanol–water partition coefficient (Wildman–Crippen LogP) is 2.59. The van der Waals surface area contributed by atoms with Gasteiger partial charge in [-0.2, -0.15) is 0 Å². The number of unbranched alkanes of at least 4 members (excludes halogenated alkanes) is 1. The van der Waals surface area contributed by atoms with Gasteiger partial charge in [-0.3, -0.25) is 0 Å². The highest BCUT2D eigenvalue weighted by Gasteiger charge is 1.95. The van der Waals surface area contributed by atoms with Crippen LogP contribution in [0.15, 0.2) is 23.6 Å². The standard InChI is InChI=1S/C12H21N3S/c1-11(2)9-13-6-3-4-8-16-12-5-7-14-10-15-12/h5,7,10-11,13H,3-4,6,8-9H2,1-2H3. The van der Waals surface area contributed by atoms with Crippen LogP contribution in [-0.4, -0.2) is 28.8 Å². The first-order valence-corrected chi connectivity index (χ1v) is 6.87. The van der Waals surface area contributed by atoms with Crippen molar-refractivity contribution in [1.82, 2.24) is 15.3 Å². The second-order valence-electron chi connectivity index (χ2n) is 4.20. The summed E-state index contributed by atoms with van der Waals surface area (Å²) in [5.74, 6) is 1.88. The van der Waals surface area contributed by atoms with E-state index in [9.17, 15) is 0 Å². The summed E-state index contributed by atoms with van der Waals surface area (Å²) >= 11 is 1.81. The van der Waals surface area contributed by atoms with Crippen LogP contribution in [0.25, 0.3) is 0 Å². The molecule has 16 heavy (non-hydrogen) atoms. The van der Waals surface area contributed by atoms with Crippen LogP contribution < -0.4 is 5.32 Å². The highest BCUT2D eigenvalue weighted by Crippen LogP contribution is 2.14. The molecule has 90 valence electrons. The van der Waals surface area contributed by atoms with E-state index in [2.05, 4.69) is 29.1 Å². The minimum absolute atomic E-state index is 0.746. The Bertz CT molecular complexity index is 264. The van der Waals surface area contributed by atoms with E-state index in [1.165, 1.54) is 12.8 Å². The van der Waals surface area contributed by atoms with Gasteiger partial charge in [-0.25, -0.2) is 9.97 Å². The highest BCUT2D eigenvalue weighted by molar-refractivity contribution is 7.99. The lowest BCUT2D eigenvalue weighted by molar-refractivity contribution is 0.541. The smallest absolute Gasteiger partial charge is 0.116 e. The average Bonchev–Trinajstić information content (AvgIpc) is 2.29. The van der Waals surface area contributed by atoms with Gasteiger partial charge in [-0.05, 0) is 43.7 Å². The number of thioether (sulfide) groups is 1. The van der Waals surface area contributed by atoms with E-state index in [1.54, 1.807) is 24.3 Å². The topological polar surface area (TPSA) is 37.8 Å². The molecule has 0 fully saturated rings. The molecule has 3 nitrogen and oxygen atoms in total. The van der Waals surface area contributed by atoms with Gasteiger partial charge in [-0.1, -0.05) is 13.8 Å². The first-order valence-electron chi connectivity index (χ1n) is 5.88. The molecule has 0 saturated carbocycles. The van der Waals surface area contributed by atoms with Crippen LogP contribution in [-0.2, 0) is 0 Å². The summed E-state index contributed by atoms with van der Waals surface area (Å²) < 4.78 is 0. The predicted molar refractivity (Wildman–Crippen MR) is 69.7 cm³/mol. The van der Waals surface area contributed by atoms with Crippen molar-refractivity contribution in [2.45, 2.75) is 31.7 Å². The van der Waals surface area contributed by atoms with Gasteiger partial charge in [0, 0.05) is 6.20 Å². The maximum atomic E-state index is 4.17. The molecule has 0 saturated heterocycles. The average molecular weight is 239 g/mol. The summed E-state index contributed by atoms with van der Waals surface area (Å²) in [7, 11) is 0. The molecule has 0 atom stereocenters. The lowest BCUT2D eigenvalue weighted by Gasteiger charge is -2.06. The van der Waals surface area contributed by atoms with Gasteiger partial charge in [-0.15, -0.1) is 11.8 Å². The monoisotopic (exact) mass is 239 g/mol. The molecule has 1 rings (SSSR count). The first-order chi connectivity index (χ1) is 7.79. The summed E-state index contributed by atoms with van der Waals surface area (Å²) in [5, 5.41) is 4.52. The molecule has 0 amide bonds. The molecule has 4 heteroatoms. The molecule has 1 N–H and O–H groups in total. The van der Waals surface area contributed by atoms with Crippen LogP contribution in [0.2, 0.25) is 0 Å². The molecule has 0 bridgehead atoms. The van der Waals surface area contributed by atoms with E-state index in [0.717, 1.165) is 29.8 Å². The van der Waals surface area contributed by atoms with Crippen molar-refractivity contribution in [3.63, 3.8) is 0 Å². The van der Waals surface area contributed by atoms with Crippen molar-refractivity contribution >= 4 is 11.8 Å². The second kappa shape index (κ2) is 8.53. The lowest BCUT2D eigenvalue weighted by atomic mass is 10.2. The largest absolute Gasteiger partial charge is 0.316 e. The summed E-state index contributed by atoms with van der Waals surface area (Å²) in [4.78, 5) is 8.07. The number of nitrogens with one attached hydrogen (secondary N) is 1. The van der Waals surface area contributed by atoms with Crippen LogP contribution in [0.5, 0.6) is 0 Å². The second-order valence-corrected chi connectivity index (χ2v) is 5.32. The Morgan fingerprint density at radius 2 is 2.25 bits per heavy atom. The molecule has 0 aromatic carbocycles. The maximum absolute atomic E-state index is 4.17. The third-order valence-electron chi connectivity index (χ3n) is 2.11. The van der Waals surface area contributed by atoms with E-state index in [4.69, 9.17) is 0 Å². The number of hydrogen-bond donors (Lipinski definition) is 1. The summed E-state index contributed by atoms with van der Waals surface area (Å²) in [6.07, 6.45) is 5.87. The molecule has 0 unspecified atom stereocenters. The summed E-state index contributed by atoms with van der Waals surface area (Å²) in [6, 6.07) is 1.96. The van der Waals surface area contributed by atoms with E-state index < -0.39 is 0 Å². The molecule has 0 aliphatic carbocycles. The number of hydrogen-bond acceptors (Lipinski definition) is 4. The van der Waals surface area contributed by atoms with Crippen molar-refractivity contribution in [2.75, 3.05) is 18.8 Å². The Balaban J connectivity index is 1.93. The molecule has 0 aliphatic heterocycles. The van der Waals surface area contributed by atoms with Gasteiger partial charge < -0.3 is 5.32 Å². The van der Waals surface area contributed by atoms with E-state index >= 15 is 0 Å². The fraction of sp³-hybridized carbons (Fsp3) is 0.667. The molecule has 1 heterocycles. The number of aromatic nitrogens is 2. The van der Waals surface area contributed by atoms with Crippen molar-refractivity contribution in [2.24, 2.45) is 5.92 Å². The Morgan fingerprint density at radius 1 is 1.38 bits per heavy atom. The van der Waals surface area contributed by atoms with Crippen molar-refractivity contribution in [3.8, 4) is 0 Å². The van der Waals surface area contributed by atoms with E-state index in [1.807, 2.05) is 6.07 Å². The van der Waals surface area contributed by atoms with Crippen LogP contribution in [0.3, 0.4) is 0 Å². The zero-order chi connectivity index (χ0) is 11.6. The van der Waals surface area contributed by atoms with Crippen molar-refractivity contribution < 1.29 is 0 Å². The molecule has 1 aromatic heterocycles. The summed E-state index contributed by atoms with van der Waals surface area (Å²) in [6.45, 7) is 6.72. The van der Waals surface area contributed by atoms with Gasteiger partial charge >= 0.3 is 0 Å². The van der Waals surface area contributed by atoms with Gasteiger partial charge in [0.25, 0.3) is 0 Å². The Morgan fingerprint density at radius 3 is 2.94 bits per heavy atom. The molecule has 0 aliphatic rings. The van der Waals surface area contributed by atoms with Crippen LogP contribution in [0.1, 0.15) is 26.7 Å². The molecular weight excluding hydrogens is 218 g/mol. The summed E-state index contributed by atoms with van der Waals surface area (Å²) in [5.41, 5.74) is 0. The third kappa shape index (κ3) is 6.80. The molecular formula is C12H21N3S. The number of nitrogens with zero attached hydrogens (tertiary/aromatic N) is 2. The molecule has 0 radical (unpaired) electrons. The quantitative estimate of drug-likeness (QED) is 0.430. The zero-order valence-electron chi connectivity index (χ0n) is 10.1. The first kappa shape index (κ1) is 13.5. The minimum atomic E-state index is 0.746. The lowest BCUT2D eigenvalue weighted by Crippen LogP contribution is -2.20. The van der Waals surface area contributed by atoms with Crippen LogP contribution in [0.4, 0.5) is 0 Å². The molecule has 1 aromatic rings. The van der Waals surface area contributed by atoms with Gasteiger partial charge in [0.05, 0.1) is 5.03 Å². The van der Waals surface area contributed by atoms with Gasteiger partial charge in [0.15, 0.2) is 0 Å². The third-order valence-corrected chi connectivity index (χ3v) is 3.14. The SMILES string of the molecule is CC(C)CNCCCCSc1ccncn1. The molecule has 0 spiro atoms. The van der Waals surface area contributed by atoms with Gasteiger partial charge in [0.1, 0.15) is 6.33 Å². The number of rotatable bonds is 8. The van der Waals surface area contributed by atoms with Crippen LogP contribution in [0, 0.1) is 5.92 Å². The van der Waals surface area contributed by atoms with E-state index in [-0.39, 0.29) is 0 Å². The van der Waals surface area contributed by atoms with Gasteiger partial charge in [0.2, 0.25) is 0 Å².